The molecule has 0 unspecified atom stereocenters. The van der Waals surface area contributed by atoms with Crippen molar-refractivity contribution in [2.75, 3.05) is 26.2 Å². The Kier molecular flexibility index (Phi) is 22.0. The molecule has 0 fully saturated rings. The van der Waals surface area contributed by atoms with E-state index in [-0.39, 0.29) is 19.6 Å². The van der Waals surface area contributed by atoms with Crippen LogP contribution in [0.25, 0.3) is 0 Å². The van der Waals surface area contributed by atoms with Crippen LogP contribution >= 0.6 is 0 Å². The van der Waals surface area contributed by atoms with Crippen LogP contribution in [0.4, 0.5) is 0 Å². The van der Waals surface area contributed by atoms with Crippen LogP contribution in [-0.2, 0) is 14.4 Å². The molecule has 0 spiro atoms. The normalized spacial score (nSPS) is 10.4. The van der Waals surface area contributed by atoms with E-state index in [1.165, 1.54) is 62.7 Å². The first-order chi connectivity index (χ1) is 13.3. The van der Waals surface area contributed by atoms with Gasteiger partial charge in [-0.05, 0) is 13.0 Å². The Morgan fingerprint density at radius 3 is 1.25 bits per heavy atom. The lowest BCUT2D eigenvalue weighted by Gasteiger charge is -2.17. The van der Waals surface area contributed by atoms with Crippen molar-refractivity contribution in [3.05, 3.63) is 0 Å². The molecule has 0 aromatic carbocycles. The van der Waals surface area contributed by atoms with E-state index in [0.29, 0.717) is 6.54 Å². The van der Waals surface area contributed by atoms with Crippen LogP contribution in [0.3, 0.4) is 0 Å². The van der Waals surface area contributed by atoms with Crippen molar-refractivity contribution in [2.24, 2.45) is 5.73 Å². The molecule has 28 heavy (non-hydrogen) atoms. The molecule has 0 atom stereocenters. The quantitative estimate of drug-likeness (QED) is 0.255. The number of hydrogen-bond acceptors (Lipinski definition) is 5. The maximum absolute atomic E-state index is 10.7. The number of hydrogen-bond donors (Lipinski definition) is 4. The maximum Gasteiger partial charge on any atom is 0.317 e. The minimum absolute atomic E-state index is 0.190. The molecule has 0 aromatic rings. The molecule has 0 heterocycles. The van der Waals surface area contributed by atoms with Gasteiger partial charge >= 0.3 is 17.9 Å². The van der Waals surface area contributed by atoms with Crippen molar-refractivity contribution in [3.63, 3.8) is 0 Å². The molecular formula is C20H40N2O6. The molecule has 0 aliphatic carbocycles. The Bertz CT molecular complexity index is 388. The minimum Gasteiger partial charge on any atom is -0.480 e. The van der Waals surface area contributed by atoms with Crippen molar-refractivity contribution < 1.29 is 29.7 Å². The van der Waals surface area contributed by atoms with E-state index in [9.17, 15) is 14.4 Å². The van der Waals surface area contributed by atoms with Gasteiger partial charge in [-0.2, -0.15) is 0 Å². The smallest absolute Gasteiger partial charge is 0.317 e. The summed E-state index contributed by atoms with van der Waals surface area (Å²) in [4.78, 5) is 32.1. The number of nitrogens with zero attached hydrogens (tertiary/aromatic N) is 1. The zero-order chi connectivity index (χ0) is 21.6. The summed E-state index contributed by atoms with van der Waals surface area (Å²) in [7, 11) is 0. The number of carboxylic acid groups (broad SMARTS) is 3. The van der Waals surface area contributed by atoms with Crippen LogP contribution < -0.4 is 5.73 Å². The molecule has 166 valence electrons. The molecule has 0 bridgehead atoms. The minimum atomic E-state index is -0.968. The highest BCUT2D eigenvalue weighted by atomic mass is 16.4. The fourth-order valence-corrected chi connectivity index (χ4v) is 2.77. The van der Waals surface area contributed by atoms with Crippen molar-refractivity contribution >= 4 is 17.9 Å². The number of carboxylic acids is 3. The average Bonchev–Trinajstić information content (AvgIpc) is 2.62. The molecular weight excluding hydrogens is 364 g/mol. The molecule has 5 N–H and O–H groups in total. The molecule has 0 aliphatic heterocycles. The molecule has 0 saturated carbocycles. The largest absolute Gasteiger partial charge is 0.480 e. The molecule has 0 amide bonds. The van der Waals surface area contributed by atoms with Gasteiger partial charge in [-0.15, -0.1) is 0 Å². The van der Waals surface area contributed by atoms with Gasteiger partial charge in [0.1, 0.15) is 0 Å². The first-order valence-corrected chi connectivity index (χ1v) is 10.4. The third kappa shape index (κ3) is 26.6. The van der Waals surface area contributed by atoms with Crippen LogP contribution in [0, 0.1) is 0 Å². The van der Waals surface area contributed by atoms with E-state index in [2.05, 4.69) is 12.7 Å². The zero-order valence-electron chi connectivity index (χ0n) is 17.4. The summed E-state index contributed by atoms with van der Waals surface area (Å²) in [5.74, 6) is -2.90. The standard InChI is InChI=1S/C18H35NO4.C2H5NO2/c1-2-3-4-5-6-7-8-9-10-11-12-13-14-19(15-17(20)21)16-18(22)23;3-1-2(4)5/h2-16H2,1H3,(H,20,21)(H,22,23);1,3H2,(H,4,5). The van der Waals surface area contributed by atoms with Gasteiger partial charge in [0.25, 0.3) is 0 Å². The number of aliphatic carboxylic acids is 3. The summed E-state index contributed by atoms with van der Waals surface area (Å²) in [5.41, 5.74) is 4.57. The third-order valence-electron chi connectivity index (χ3n) is 4.22. The van der Waals surface area contributed by atoms with Crippen molar-refractivity contribution in [2.45, 2.75) is 84.0 Å². The lowest BCUT2D eigenvalue weighted by molar-refractivity contribution is -0.142. The molecule has 0 radical (unpaired) electrons. The highest BCUT2D eigenvalue weighted by molar-refractivity contribution is 5.72. The van der Waals surface area contributed by atoms with E-state index >= 15 is 0 Å². The Labute approximate surface area is 169 Å². The number of unbranched alkanes of at least 4 members (excludes halogenated alkanes) is 11. The number of carbonyl (C=O) groups is 3. The first kappa shape index (κ1) is 28.5. The summed E-state index contributed by atoms with van der Waals surface area (Å²) >= 11 is 0. The predicted octanol–water partition coefficient (Wildman–Crippen LogP) is 3.19. The Morgan fingerprint density at radius 1 is 0.643 bits per heavy atom. The number of nitrogens with two attached hydrogens (primary N) is 1. The second-order valence-electron chi connectivity index (χ2n) is 6.99. The second kappa shape index (κ2) is 21.6. The average molecular weight is 405 g/mol. The van der Waals surface area contributed by atoms with Crippen molar-refractivity contribution in [1.82, 2.24) is 4.90 Å². The van der Waals surface area contributed by atoms with Gasteiger partial charge in [0.15, 0.2) is 0 Å². The van der Waals surface area contributed by atoms with Crippen LogP contribution in [0.5, 0.6) is 0 Å². The molecule has 0 rings (SSSR count). The topological polar surface area (TPSA) is 141 Å². The monoisotopic (exact) mass is 404 g/mol. The van der Waals surface area contributed by atoms with E-state index in [1.807, 2.05) is 0 Å². The van der Waals surface area contributed by atoms with Crippen molar-refractivity contribution in [1.29, 1.82) is 0 Å². The first-order valence-electron chi connectivity index (χ1n) is 10.4. The fraction of sp³-hybridized carbons (Fsp3) is 0.850. The van der Waals surface area contributed by atoms with Gasteiger partial charge in [0.2, 0.25) is 0 Å². The molecule has 0 saturated heterocycles. The molecule has 8 heteroatoms. The predicted molar refractivity (Wildman–Crippen MR) is 109 cm³/mol. The summed E-state index contributed by atoms with van der Waals surface area (Å²) in [6.45, 7) is 2.13. The lowest BCUT2D eigenvalue weighted by Crippen LogP contribution is -2.35. The van der Waals surface area contributed by atoms with Gasteiger partial charge in [-0.3, -0.25) is 19.3 Å². The van der Waals surface area contributed by atoms with E-state index in [1.54, 1.807) is 0 Å². The van der Waals surface area contributed by atoms with Crippen molar-refractivity contribution in [3.8, 4) is 0 Å². The maximum atomic E-state index is 10.7. The van der Waals surface area contributed by atoms with Crippen LogP contribution in [0.2, 0.25) is 0 Å². The highest BCUT2D eigenvalue weighted by Gasteiger charge is 2.12. The summed E-state index contributed by atoms with van der Waals surface area (Å²) in [5, 5.41) is 25.1. The SMILES string of the molecule is CCCCCCCCCCCCCCN(CC(=O)O)CC(=O)O.NCC(=O)O. The Hall–Kier alpha value is -1.67. The lowest BCUT2D eigenvalue weighted by atomic mass is 10.1. The summed E-state index contributed by atoms with van der Waals surface area (Å²) < 4.78 is 0. The van der Waals surface area contributed by atoms with Gasteiger partial charge in [0, 0.05) is 0 Å². The Morgan fingerprint density at radius 2 is 0.964 bits per heavy atom. The van der Waals surface area contributed by atoms with Crippen LogP contribution in [-0.4, -0.2) is 64.3 Å². The van der Waals surface area contributed by atoms with Gasteiger partial charge in [-0.25, -0.2) is 0 Å². The van der Waals surface area contributed by atoms with Gasteiger partial charge in [-0.1, -0.05) is 77.6 Å². The third-order valence-corrected chi connectivity index (χ3v) is 4.22. The molecule has 8 nitrogen and oxygen atoms in total. The highest BCUT2D eigenvalue weighted by Crippen LogP contribution is 2.12. The van der Waals surface area contributed by atoms with Crippen LogP contribution in [0.15, 0.2) is 0 Å². The Balaban J connectivity index is 0. The van der Waals surface area contributed by atoms with Gasteiger partial charge in [0.05, 0.1) is 19.6 Å². The number of rotatable bonds is 18. The van der Waals surface area contributed by atoms with E-state index in [0.717, 1.165) is 19.3 Å². The molecule has 0 aliphatic rings. The van der Waals surface area contributed by atoms with E-state index < -0.39 is 17.9 Å². The zero-order valence-corrected chi connectivity index (χ0v) is 17.4. The second-order valence-corrected chi connectivity index (χ2v) is 6.99. The fourth-order valence-electron chi connectivity index (χ4n) is 2.77. The van der Waals surface area contributed by atoms with Gasteiger partial charge < -0.3 is 21.1 Å². The molecule has 0 aromatic heterocycles. The summed E-state index contributed by atoms with van der Waals surface area (Å²) in [6, 6.07) is 0. The van der Waals surface area contributed by atoms with Crippen LogP contribution in [0.1, 0.15) is 84.0 Å². The van der Waals surface area contributed by atoms with E-state index in [4.69, 9.17) is 15.3 Å². The summed E-state index contributed by atoms with van der Waals surface area (Å²) in [6.07, 6.45) is 15.0.